The van der Waals surface area contributed by atoms with Crippen LogP contribution in [0.2, 0.25) is 0 Å². The molecule has 0 aliphatic carbocycles. The van der Waals surface area contributed by atoms with Crippen LogP contribution >= 0.6 is 27.7 Å². The predicted octanol–water partition coefficient (Wildman–Crippen LogP) is 3.42. The summed E-state index contributed by atoms with van der Waals surface area (Å²) in [7, 11) is 0. The summed E-state index contributed by atoms with van der Waals surface area (Å²) in [6.45, 7) is 2.02. The normalized spacial score (nSPS) is 16.1. The van der Waals surface area contributed by atoms with Crippen LogP contribution in [0.15, 0.2) is 32.6 Å². The Labute approximate surface area is 161 Å². The Morgan fingerprint density at radius 1 is 1.42 bits per heavy atom. The van der Waals surface area contributed by atoms with Gasteiger partial charge in [0.2, 0.25) is 5.91 Å². The van der Waals surface area contributed by atoms with Crippen LogP contribution in [0.25, 0.3) is 0 Å². The van der Waals surface area contributed by atoms with Crippen molar-refractivity contribution in [3.05, 3.63) is 54.3 Å². The van der Waals surface area contributed by atoms with Gasteiger partial charge in [-0.05, 0) is 34.0 Å². The first kappa shape index (κ1) is 18.6. The Kier molecular flexibility index (Phi) is 5.42. The number of fused-ring (bicyclic) bond motifs is 1. The second-order valence-corrected chi connectivity index (χ2v) is 7.69. The van der Waals surface area contributed by atoms with Crippen LogP contribution in [0.5, 0.6) is 0 Å². The zero-order valence-corrected chi connectivity index (χ0v) is 16.1. The number of nitro groups is 1. The van der Waals surface area contributed by atoms with Crippen molar-refractivity contribution >= 4 is 45.1 Å². The summed E-state index contributed by atoms with van der Waals surface area (Å²) in [5, 5.41) is 14.3. The van der Waals surface area contributed by atoms with Gasteiger partial charge in [0.05, 0.1) is 15.0 Å². The third-order valence-electron chi connectivity index (χ3n) is 3.94. The Bertz CT molecular complexity index is 946. The lowest BCUT2D eigenvalue weighted by Gasteiger charge is -2.24. The molecule has 0 saturated carbocycles. The summed E-state index contributed by atoms with van der Waals surface area (Å²) in [5.74, 6) is 0.140. The number of rotatable bonds is 5. The first-order valence-corrected chi connectivity index (χ1v) is 9.69. The lowest BCUT2D eigenvalue weighted by atomic mass is 9.86. The number of halogens is 1. The van der Waals surface area contributed by atoms with E-state index in [0.29, 0.717) is 20.8 Å². The van der Waals surface area contributed by atoms with Gasteiger partial charge in [0.25, 0.3) is 11.2 Å². The van der Waals surface area contributed by atoms with Gasteiger partial charge in [0, 0.05) is 24.2 Å². The standard InChI is InChI=1S/C16H15BrN4O4S/c1-2-5-26-16-19-14-13(15(23)20-16)9(7-12(22)18-14)8-3-4-10(17)11(6-8)21(24)25/h3-4,6,9H,2,5,7H2,1H3,(H2,18,19,20,22,23). The Morgan fingerprint density at radius 2 is 2.19 bits per heavy atom. The molecule has 1 aliphatic heterocycles. The second-order valence-electron chi connectivity index (χ2n) is 5.75. The minimum absolute atomic E-state index is 0.0258. The van der Waals surface area contributed by atoms with Crippen LogP contribution < -0.4 is 10.9 Å². The van der Waals surface area contributed by atoms with E-state index in [1.807, 2.05) is 6.92 Å². The molecular weight excluding hydrogens is 424 g/mol. The highest BCUT2D eigenvalue weighted by molar-refractivity contribution is 9.10. The van der Waals surface area contributed by atoms with E-state index in [1.165, 1.54) is 17.8 Å². The maximum atomic E-state index is 12.6. The van der Waals surface area contributed by atoms with Crippen molar-refractivity contribution in [2.24, 2.45) is 0 Å². The summed E-state index contributed by atoms with van der Waals surface area (Å²) in [4.78, 5) is 42.5. The van der Waals surface area contributed by atoms with E-state index in [1.54, 1.807) is 12.1 Å². The summed E-state index contributed by atoms with van der Waals surface area (Å²) in [5.41, 5.74) is 0.387. The molecule has 0 saturated heterocycles. The second kappa shape index (κ2) is 7.58. The van der Waals surface area contributed by atoms with Crippen LogP contribution in [-0.4, -0.2) is 26.6 Å². The number of thioether (sulfide) groups is 1. The zero-order chi connectivity index (χ0) is 18.8. The monoisotopic (exact) mass is 438 g/mol. The third kappa shape index (κ3) is 3.65. The lowest BCUT2D eigenvalue weighted by Crippen LogP contribution is -2.31. The summed E-state index contributed by atoms with van der Waals surface area (Å²) in [6.07, 6.45) is 0.945. The van der Waals surface area contributed by atoms with E-state index >= 15 is 0 Å². The van der Waals surface area contributed by atoms with Crippen molar-refractivity contribution in [1.29, 1.82) is 0 Å². The molecule has 3 rings (SSSR count). The lowest BCUT2D eigenvalue weighted by molar-refractivity contribution is -0.385. The fourth-order valence-corrected chi connectivity index (χ4v) is 3.90. The minimum atomic E-state index is -0.591. The molecule has 1 atom stereocenters. The van der Waals surface area contributed by atoms with Crippen LogP contribution in [0.4, 0.5) is 11.5 Å². The van der Waals surface area contributed by atoms with Gasteiger partial charge in [-0.2, -0.15) is 0 Å². The highest BCUT2D eigenvalue weighted by Crippen LogP contribution is 2.37. The molecule has 136 valence electrons. The van der Waals surface area contributed by atoms with Crippen LogP contribution in [0.1, 0.15) is 36.8 Å². The number of hydrogen-bond donors (Lipinski definition) is 2. The molecule has 1 aromatic heterocycles. The largest absolute Gasteiger partial charge is 0.310 e. The molecule has 2 N–H and O–H groups in total. The van der Waals surface area contributed by atoms with Gasteiger partial charge in [-0.25, -0.2) is 4.98 Å². The zero-order valence-electron chi connectivity index (χ0n) is 13.7. The first-order valence-electron chi connectivity index (χ1n) is 7.91. The molecule has 0 fully saturated rings. The Balaban J connectivity index is 2.09. The van der Waals surface area contributed by atoms with E-state index in [2.05, 4.69) is 31.2 Å². The molecule has 1 amide bonds. The maximum Gasteiger partial charge on any atom is 0.283 e. The Hall–Kier alpha value is -2.20. The number of carbonyl (C=O) groups excluding carboxylic acids is 1. The molecular formula is C16H15BrN4O4S. The number of benzene rings is 1. The number of aromatic nitrogens is 2. The van der Waals surface area contributed by atoms with Crippen molar-refractivity contribution in [3.8, 4) is 0 Å². The number of amides is 1. The third-order valence-corrected chi connectivity index (χ3v) is 5.69. The number of carbonyl (C=O) groups is 1. The molecule has 26 heavy (non-hydrogen) atoms. The molecule has 0 radical (unpaired) electrons. The van der Waals surface area contributed by atoms with Crippen LogP contribution in [0.3, 0.4) is 0 Å². The highest BCUT2D eigenvalue weighted by atomic mass is 79.9. The molecule has 2 aromatic rings. The van der Waals surface area contributed by atoms with Gasteiger partial charge in [-0.1, -0.05) is 24.8 Å². The van der Waals surface area contributed by atoms with E-state index < -0.39 is 10.8 Å². The van der Waals surface area contributed by atoms with Gasteiger partial charge in [0.15, 0.2) is 5.16 Å². The molecule has 2 heterocycles. The number of aromatic amines is 1. The van der Waals surface area contributed by atoms with E-state index in [-0.39, 0.29) is 29.4 Å². The predicted molar refractivity (Wildman–Crippen MR) is 102 cm³/mol. The number of anilines is 1. The fraction of sp³-hybridized carbons (Fsp3) is 0.312. The maximum absolute atomic E-state index is 12.6. The van der Waals surface area contributed by atoms with Gasteiger partial charge < -0.3 is 10.3 Å². The number of nitro benzene ring substituents is 1. The topological polar surface area (TPSA) is 118 Å². The van der Waals surface area contributed by atoms with Gasteiger partial charge >= 0.3 is 0 Å². The summed E-state index contributed by atoms with van der Waals surface area (Å²) < 4.78 is 0.338. The Morgan fingerprint density at radius 3 is 2.88 bits per heavy atom. The van der Waals surface area contributed by atoms with Gasteiger partial charge in [-0.15, -0.1) is 0 Å². The van der Waals surface area contributed by atoms with Crippen molar-refractivity contribution in [2.45, 2.75) is 30.8 Å². The van der Waals surface area contributed by atoms with Gasteiger partial charge in [-0.3, -0.25) is 19.7 Å². The van der Waals surface area contributed by atoms with Crippen LogP contribution in [0, 0.1) is 10.1 Å². The molecule has 1 aliphatic rings. The van der Waals surface area contributed by atoms with Crippen LogP contribution in [-0.2, 0) is 4.79 Å². The van der Waals surface area contributed by atoms with Crippen molar-refractivity contribution in [1.82, 2.24) is 9.97 Å². The average molecular weight is 439 g/mol. The highest BCUT2D eigenvalue weighted by Gasteiger charge is 2.32. The molecule has 1 unspecified atom stereocenters. The number of H-pyrrole nitrogens is 1. The van der Waals surface area contributed by atoms with Gasteiger partial charge in [0.1, 0.15) is 5.82 Å². The van der Waals surface area contributed by atoms with E-state index in [0.717, 1.165) is 12.2 Å². The van der Waals surface area contributed by atoms with E-state index in [9.17, 15) is 19.7 Å². The molecule has 10 heteroatoms. The minimum Gasteiger partial charge on any atom is -0.310 e. The quantitative estimate of drug-likeness (QED) is 0.319. The molecule has 0 spiro atoms. The van der Waals surface area contributed by atoms with Crippen molar-refractivity contribution in [2.75, 3.05) is 11.1 Å². The number of nitrogens with one attached hydrogen (secondary N) is 2. The number of hydrogen-bond acceptors (Lipinski definition) is 6. The SMILES string of the molecule is CCCSc1nc2c(c(=O)[nH]1)C(c1ccc(Br)c([N+](=O)[O-])c1)CC(=O)N2. The van der Waals surface area contributed by atoms with E-state index in [4.69, 9.17) is 0 Å². The molecule has 8 nitrogen and oxygen atoms in total. The first-order chi connectivity index (χ1) is 12.4. The molecule has 0 bridgehead atoms. The summed E-state index contributed by atoms with van der Waals surface area (Å²) in [6, 6.07) is 4.60. The summed E-state index contributed by atoms with van der Waals surface area (Å²) >= 11 is 4.54. The average Bonchev–Trinajstić information content (AvgIpc) is 2.59. The molecule has 1 aromatic carbocycles. The fourth-order valence-electron chi connectivity index (χ4n) is 2.79. The smallest absolute Gasteiger partial charge is 0.283 e. The van der Waals surface area contributed by atoms with Crippen molar-refractivity contribution in [3.63, 3.8) is 0 Å². The number of nitrogens with zero attached hydrogens (tertiary/aromatic N) is 2. The van der Waals surface area contributed by atoms with Crippen molar-refractivity contribution < 1.29 is 9.72 Å².